The Bertz CT molecular complexity index is 586. The van der Waals surface area contributed by atoms with Crippen molar-refractivity contribution >= 4 is 11.9 Å². The van der Waals surface area contributed by atoms with Gasteiger partial charge in [-0.25, -0.2) is 0 Å². The summed E-state index contributed by atoms with van der Waals surface area (Å²) in [5.74, 6) is -1.91. The van der Waals surface area contributed by atoms with Crippen LogP contribution >= 0.6 is 0 Å². The van der Waals surface area contributed by atoms with Gasteiger partial charge in [-0.1, -0.05) is 43.5 Å². The summed E-state index contributed by atoms with van der Waals surface area (Å²) in [4.78, 5) is 26.6. The third-order valence-corrected chi connectivity index (χ3v) is 5.51. The molecule has 0 spiro atoms. The van der Waals surface area contributed by atoms with Gasteiger partial charge < -0.3 is 10.0 Å². The lowest BCUT2D eigenvalue weighted by Gasteiger charge is -2.31. The molecule has 24 heavy (non-hydrogen) atoms. The molecule has 1 aromatic carbocycles. The summed E-state index contributed by atoms with van der Waals surface area (Å²) in [5.41, 5.74) is 1.79. The van der Waals surface area contributed by atoms with E-state index < -0.39 is 11.9 Å². The zero-order chi connectivity index (χ0) is 16.9. The Kier molecular flexibility index (Phi) is 5.54. The Morgan fingerprint density at radius 1 is 0.958 bits per heavy atom. The molecular weight excluding hydrogens is 302 g/mol. The first-order valence-corrected chi connectivity index (χ1v) is 9.29. The van der Waals surface area contributed by atoms with Crippen molar-refractivity contribution in [3.05, 3.63) is 35.4 Å². The van der Waals surface area contributed by atoms with E-state index in [1.165, 1.54) is 19.3 Å². The van der Waals surface area contributed by atoms with Gasteiger partial charge in [-0.2, -0.15) is 0 Å². The highest BCUT2D eigenvalue weighted by Crippen LogP contribution is 2.37. The molecule has 0 bridgehead atoms. The van der Waals surface area contributed by atoms with E-state index in [0.717, 1.165) is 37.7 Å². The molecule has 130 valence electrons. The van der Waals surface area contributed by atoms with Gasteiger partial charge in [-0.3, -0.25) is 9.59 Å². The highest BCUT2D eigenvalue weighted by molar-refractivity contribution is 6.03. The van der Waals surface area contributed by atoms with Gasteiger partial charge in [0.1, 0.15) is 0 Å². The summed E-state index contributed by atoms with van der Waals surface area (Å²) < 4.78 is 0. The second-order valence-electron chi connectivity index (χ2n) is 7.12. The van der Waals surface area contributed by atoms with Crippen molar-refractivity contribution in [2.45, 2.75) is 63.2 Å². The van der Waals surface area contributed by atoms with Gasteiger partial charge >= 0.3 is 5.97 Å². The number of benzene rings is 1. The zero-order valence-electron chi connectivity index (χ0n) is 14.2. The number of carboxylic acids is 1. The van der Waals surface area contributed by atoms with Crippen LogP contribution in [0.25, 0.3) is 0 Å². The van der Waals surface area contributed by atoms with Crippen molar-refractivity contribution in [3.8, 4) is 0 Å². The smallest absolute Gasteiger partial charge is 0.320 e. The lowest BCUT2D eigenvalue weighted by atomic mass is 9.79. The Hall–Kier alpha value is -1.84. The largest absolute Gasteiger partial charge is 0.480 e. The van der Waals surface area contributed by atoms with E-state index >= 15 is 0 Å². The molecule has 1 aliphatic carbocycles. The van der Waals surface area contributed by atoms with Crippen LogP contribution in [0.3, 0.4) is 0 Å². The van der Waals surface area contributed by atoms with Crippen LogP contribution in [0.5, 0.6) is 0 Å². The number of aliphatic carboxylic acids is 1. The van der Waals surface area contributed by atoms with Crippen LogP contribution in [0.2, 0.25) is 0 Å². The molecule has 0 radical (unpaired) electrons. The average Bonchev–Trinajstić information content (AvgIpc) is 2.63. The summed E-state index contributed by atoms with van der Waals surface area (Å²) in [6.45, 7) is 1.38. The minimum Gasteiger partial charge on any atom is -0.480 e. The Morgan fingerprint density at radius 2 is 1.58 bits per heavy atom. The molecule has 1 saturated heterocycles. The second-order valence-corrected chi connectivity index (χ2v) is 7.12. The first kappa shape index (κ1) is 17.0. The lowest BCUT2D eigenvalue weighted by Crippen LogP contribution is -2.41. The molecule has 1 N–H and O–H groups in total. The van der Waals surface area contributed by atoms with Crippen molar-refractivity contribution in [1.82, 2.24) is 4.90 Å². The number of amides is 1. The number of hydrogen-bond acceptors (Lipinski definition) is 2. The SMILES string of the molecule is O=C(O)C(C(=O)N1CCCCC1)c1ccccc1C1CCCCC1. The molecule has 4 nitrogen and oxygen atoms in total. The number of nitrogens with zero attached hydrogens (tertiary/aromatic N) is 1. The molecule has 3 rings (SSSR count). The maximum Gasteiger partial charge on any atom is 0.320 e. The number of piperidine rings is 1. The average molecular weight is 329 g/mol. The van der Waals surface area contributed by atoms with Crippen LogP contribution in [0.15, 0.2) is 24.3 Å². The molecule has 1 aliphatic heterocycles. The predicted octanol–water partition coefficient (Wildman–Crippen LogP) is 3.92. The van der Waals surface area contributed by atoms with Crippen LogP contribution in [-0.4, -0.2) is 35.0 Å². The quantitative estimate of drug-likeness (QED) is 0.852. The monoisotopic (exact) mass is 329 g/mol. The molecule has 4 heteroatoms. The van der Waals surface area contributed by atoms with E-state index in [2.05, 4.69) is 0 Å². The van der Waals surface area contributed by atoms with Gasteiger partial charge in [-0.05, 0) is 49.1 Å². The van der Waals surface area contributed by atoms with E-state index in [-0.39, 0.29) is 5.91 Å². The fraction of sp³-hybridized carbons (Fsp3) is 0.600. The summed E-state index contributed by atoms with van der Waals surface area (Å²) in [5, 5.41) is 9.80. The first-order valence-electron chi connectivity index (χ1n) is 9.29. The minimum atomic E-state index is -1.05. The third kappa shape index (κ3) is 3.63. The molecule has 1 atom stereocenters. The number of likely N-dealkylation sites (tertiary alicyclic amines) is 1. The maximum atomic E-state index is 12.9. The van der Waals surface area contributed by atoms with E-state index in [9.17, 15) is 14.7 Å². The molecular formula is C20H27NO3. The minimum absolute atomic E-state index is 0.231. The van der Waals surface area contributed by atoms with E-state index in [0.29, 0.717) is 24.6 Å². The van der Waals surface area contributed by atoms with Crippen LogP contribution in [-0.2, 0) is 9.59 Å². The van der Waals surface area contributed by atoms with E-state index in [1.54, 1.807) is 4.90 Å². The van der Waals surface area contributed by atoms with Crippen LogP contribution in [0.1, 0.15) is 74.3 Å². The highest BCUT2D eigenvalue weighted by Gasteiger charge is 2.35. The molecule has 1 amide bonds. The van der Waals surface area contributed by atoms with Crippen molar-refractivity contribution in [2.75, 3.05) is 13.1 Å². The molecule has 1 heterocycles. The summed E-state index contributed by atoms with van der Waals surface area (Å²) in [6.07, 6.45) is 8.91. The van der Waals surface area contributed by atoms with Gasteiger partial charge in [0, 0.05) is 13.1 Å². The maximum absolute atomic E-state index is 12.9. The second kappa shape index (κ2) is 7.82. The lowest BCUT2D eigenvalue weighted by molar-refractivity contribution is -0.147. The molecule has 0 aromatic heterocycles. The Morgan fingerprint density at radius 3 is 2.25 bits per heavy atom. The van der Waals surface area contributed by atoms with Crippen LogP contribution in [0, 0.1) is 0 Å². The molecule has 1 unspecified atom stereocenters. The van der Waals surface area contributed by atoms with Gasteiger partial charge in [-0.15, -0.1) is 0 Å². The van der Waals surface area contributed by atoms with Gasteiger partial charge in [0.2, 0.25) is 5.91 Å². The van der Waals surface area contributed by atoms with Crippen LogP contribution in [0.4, 0.5) is 0 Å². The number of rotatable bonds is 4. The number of carbonyl (C=O) groups is 2. The van der Waals surface area contributed by atoms with Gasteiger partial charge in [0.25, 0.3) is 0 Å². The van der Waals surface area contributed by atoms with Crippen molar-refractivity contribution in [3.63, 3.8) is 0 Å². The zero-order valence-corrected chi connectivity index (χ0v) is 14.2. The van der Waals surface area contributed by atoms with Crippen molar-refractivity contribution in [1.29, 1.82) is 0 Å². The summed E-state index contributed by atoms with van der Waals surface area (Å²) in [7, 11) is 0. The fourth-order valence-corrected chi connectivity index (χ4v) is 4.23. The van der Waals surface area contributed by atoms with Crippen LogP contribution < -0.4 is 0 Å². The number of carboxylic acid groups (broad SMARTS) is 1. The predicted molar refractivity (Wildman–Crippen MR) is 93.1 cm³/mol. The molecule has 2 fully saturated rings. The fourth-order valence-electron chi connectivity index (χ4n) is 4.23. The van der Waals surface area contributed by atoms with Crippen molar-refractivity contribution in [2.24, 2.45) is 0 Å². The molecule has 1 aromatic rings. The van der Waals surface area contributed by atoms with Gasteiger partial charge in [0.15, 0.2) is 5.92 Å². The Labute approximate surface area is 143 Å². The normalized spacial score (nSPS) is 20.6. The highest BCUT2D eigenvalue weighted by atomic mass is 16.4. The summed E-state index contributed by atoms with van der Waals surface area (Å²) >= 11 is 0. The summed E-state index contributed by atoms with van der Waals surface area (Å²) in [6, 6.07) is 7.72. The molecule has 2 aliphatic rings. The molecule has 1 saturated carbocycles. The Balaban J connectivity index is 1.90. The topological polar surface area (TPSA) is 57.6 Å². The van der Waals surface area contributed by atoms with E-state index in [4.69, 9.17) is 0 Å². The van der Waals surface area contributed by atoms with E-state index in [1.807, 2.05) is 24.3 Å². The number of hydrogen-bond donors (Lipinski definition) is 1. The van der Waals surface area contributed by atoms with Crippen molar-refractivity contribution < 1.29 is 14.7 Å². The first-order chi connectivity index (χ1) is 11.7. The standard InChI is InChI=1S/C20H27NO3/c22-19(21-13-7-2-8-14-21)18(20(23)24)17-12-6-5-11-16(17)15-9-3-1-4-10-15/h5-6,11-12,15,18H,1-4,7-10,13-14H2,(H,23,24). The van der Waals surface area contributed by atoms with Gasteiger partial charge in [0.05, 0.1) is 0 Å². The third-order valence-electron chi connectivity index (χ3n) is 5.51. The number of carbonyl (C=O) groups excluding carboxylic acids is 1.